The first-order valence-corrected chi connectivity index (χ1v) is 10.2. The Morgan fingerprint density at radius 3 is 2.57 bits per heavy atom. The predicted octanol–water partition coefficient (Wildman–Crippen LogP) is 2.20. The van der Waals surface area contributed by atoms with Gasteiger partial charge in [0.15, 0.2) is 5.82 Å². The first-order valence-electron chi connectivity index (χ1n) is 10.2. The lowest BCUT2D eigenvalue weighted by Gasteiger charge is -2.20. The highest BCUT2D eigenvalue weighted by molar-refractivity contribution is 5.76. The van der Waals surface area contributed by atoms with E-state index in [1.807, 2.05) is 17.0 Å². The summed E-state index contributed by atoms with van der Waals surface area (Å²) in [6, 6.07) is 6.59. The lowest BCUT2D eigenvalue weighted by atomic mass is 9.99. The summed E-state index contributed by atoms with van der Waals surface area (Å²) in [5.74, 6) is 0.818. The summed E-state index contributed by atoms with van der Waals surface area (Å²) in [4.78, 5) is 17.0. The molecule has 0 saturated carbocycles. The van der Waals surface area contributed by atoms with Crippen molar-refractivity contribution in [3.05, 3.63) is 41.5 Å². The molecular formula is C20H27FN6O. The number of nitrogens with zero attached hydrogens (tertiary/aromatic N) is 6. The Labute approximate surface area is 164 Å². The van der Waals surface area contributed by atoms with Crippen LogP contribution in [-0.2, 0) is 17.9 Å². The van der Waals surface area contributed by atoms with Gasteiger partial charge in [0.05, 0.1) is 6.54 Å². The molecule has 2 saturated heterocycles. The minimum absolute atomic E-state index is 0.0361. The van der Waals surface area contributed by atoms with Gasteiger partial charge >= 0.3 is 0 Å². The summed E-state index contributed by atoms with van der Waals surface area (Å²) in [6.07, 6.45) is 5.87. The average Bonchev–Trinajstić information content (AvgIpc) is 3.27. The molecule has 1 aromatic carbocycles. The largest absolute Gasteiger partial charge is 0.340 e. The van der Waals surface area contributed by atoms with Gasteiger partial charge in [-0.25, -0.2) is 9.07 Å². The summed E-state index contributed by atoms with van der Waals surface area (Å²) < 4.78 is 14.8. The van der Waals surface area contributed by atoms with Gasteiger partial charge in [0.2, 0.25) is 5.91 Å². The van der Waals surface area contributed by atoms with Crippen molar-refractivity contribution in [2.24, 2.45) is 0 Å². The third-order valence-corrected chi connectivity index (χ3v) is 5.84. The number of tetrazole rings is 1. The van der Waals surface area contributed by atoms with Crippen LogP contribution >= 0.6 is 0 Å². The van der Waals surface area contributed by atoms with E-state index >= 15 is 0 Å². The fourth-order valence-corrected chi connectivity index (χ4v) is 4.18. The van der Waals surface area contributed by atoms with Crippen LogP contribution < -0.4 is 0 Å². The minimum atomic E-state index is -0.231. The Balaban J connectivity index is 1.34. The Hall–Kier alpha value is -2.35. The number of rotatable bonds is 5. The number of aromatic nitrogens is 4. The highest BCUT2D eigenvalue weighted by Gasteiger charge is 2.28. The second-order valence-corrected chi connectivity index (χ2v) is 7.82. The summed E-state index contributed by atoms with van der Waals surface area (Å²) in [5, 5.41) is 12.0. The molecule has 1 unspecified atom stereocenters. The standard InChI is InChI=1S/C20H27FN6O/c21-18-7-5-16(6-8-18)17-9-12-26(13-17)20(28)15-27-19(22-23-24-27)14-25-10-3-1-2-4-11-25/h5-8,17H,1-4,9-15H2. The molecule has 7 nitrogen and oxygen atoms in total. The van der Waals surface area contributed by atoms with E-state index in [0.717, 1.165) is 30.9 Å². The van der Waals surface area contributed by atoms with Crippen LogP contribution in [0.25, 0.3) is 0 Å². The summed E-state index contributed by atoms with van der Waals surface area (Å²) in [6.45, 7) is 4.36. The van der Waals surface area contributed by atoms with Crippen LogP contribution in [0.2, 0.25) is 0 Å². The normalized spacial score (nSPS) is 21.0. The highest BCUT2D eigenvalue weighted by Crippen LogP contribution is 2.27. The molecule has 150 valence electrons. The number of likely N-dealkylation sites (tertiary alicyclic amines) is 2. The minimum Gasteiger partial charge on any atom is -0.340 e. The highest BCUT2D eigenvalue weighted by atomic mass is 19.1. The first-order chi connectivity index (χ1) is 13.7. The number of hydrogen-bond donors (Lipinski definition) is 0. The van der Waals surface area contributed by atoms with Crippen molar-refractivity contribution in [3.8, 4) is 0 Å². The van der Waals surface area contributed by atoms with Crippen molar-refractivity contribution in [1.82, 2.24) is 30.0 Å². The molecule has 1 amide bonds. The molecule has 28 heavy (non-hydrogen) atoms. The molecule has 8 heteroatoms. The zero-order valence-electron chi connectivity index (χ0n) is 16.1. The molecule has 0 bridgehead atoms. The Bertz CT molecular complexity index is 784. The van der Waals surface area contributed by atoms with E-state index in [1.54, 1.807) is 4.68 Å². The molecule has 1 atom stereocenters. The molecule has 2 aliphatic rings. The van der Waals surface area contributed by atoms with Gasteiger partial charge in [0.1, 0.15) is 12.4 Å². The fraction of sp³-hybridized carbons (Fsp3) is 0.600. The molecule has 0 spiro atoms. The van der Waals surface area contributed by atoms with E-state index in [1.165, 1.54) is 37.8 Å². The van der Waals surface area contributed by atoms with Gasteiger partial charge in [-0.2, -0.15) is 0 Å². The Morgan fingerprint density at radius 1 is 1.07 bits per heavy atom. The van der Waals surface area contributed by atoms with Gasteiger partial charge in [0, 0.05) is 19.0 Å². The van der Waals surface area contributed by atoms with Crippen molar-refractivity contribution >= 4 is 5.91 Å². The van der Waals surface area contributed by atoms with Crippen LogP contribution in [0, 0.1) is 5.82 Å². The predicted molar refractivity (Wildman–Crippen MR) is 102 cm³/mol. The lowest BCUT2D eigenvalue weighted by molar-refractivity contribution is -0.131. The smallest absolute Gasteiger partial charge is 0.244 e. The van der Waals surface area contributed by atoms with Crippen LogP contribution in [0.5, 0.6) is 0 Å². The molecule has 0 radical (unpaired) electrons. The van der Waals surface area contributed by atoms with Crippen molar-refractivity contribution in [2.75, 3.05) is 26.2 Å². The van der Waals surface area contributed by atoms with Crippen molar-refractivity contribution in [1.29, 1.82) is 0 Å². The third kappa shape index (κ3) is 4.55. The van der Waals surface area contributed by atoms with Gasteiger partial charge in [-0.05, 0) is 60.5 Å². The summed E-state index contributed by atoms with van der Waals surface area (Å²) in [7, 11) is 0. The molecule has 2 fully saturated rings. The number of hydrogen-bond acceptors (Lipinski definition) is 5. The van der Waals surface area contributed by atoms with E-state index in [-0.39, 0.29) is 24.2 Å². The van der Waals surface area contributed by atoms with Crippen molar-refractivity contribution in [2.45, 2.75) is 51.1 Å². The maximum atomic E-state index is 13.1. The van der Waals surface area contributed by atoms with Crippen molar-refractivity contribution in [3.63, 3.8) is 0 Å². The van der Waals surface area contributed by atoms with Crippen LogP contribution in [0.15, 0.2) is 24.3 Å². The topological polar surface area (TPSA) is 67.2 Å². The molecule has 1 aromatic heterocycles. The van der Waals surface area contributed by atoms with Crippen LogP contribution in [0.4, 0.5) is 4.39 Å². The van der Waals surface area contributed by atoms with E-state index in [0.29, 0.717) is 19.6 Å². The van der Waals surface area contributed by atoms with Gasteiger partial charge in [0.25, 0.3) is 0 Å². The Morgan fingerprint density at radius 2 is 1.82 bits per heavy atom. The van der Waals surface area contributed by atoms with Gasteiger partial charge in [-0.1, -0.05) is 25.0 Å². The quantitative estimate of drug-likeness (QED) is 0.788. The van der Waals surface area contributed by atoms with Gasteiger partial charge in [-0.15, -0.1) is 5.10 Å². The van der Waals surface area contributed by atoms with E-state index in [2.05, 4.69) is 20.4 Å². The Kier molecular flexibility index (Phi) is 5.95. The molecule has 2 aromatic rings. The molecular weight excluding hydrogens is 359 g/mol. The average molecular weight is 386 g/mol. The van der Waals surface area contributed by atoms with Gasteiger partial charge < -0.3 is 4.90 Å². The molecule has 0 N–H and O–H groups in total. The van der Waals surface area contributed by atoms with E-state index in [4.69, 9.17) is 0 Å². The number of halogens is 1. The van der Waals surface area contributed by atoms with Crippen molar-refractivity contribution < 1.29 is 9.18 Å². The first kappa shape index (κ1) is 19.0. The van der Waals surface area contributed by atoms with Gasteiger partial charge in [-0.3, -0.25) is 9.69 Å². The third-order valence-electron chi connectivity index (χ3n) is 5.84. The maximum absolute atomic E-state index is 13.1. The monoisotopic (exact) mass is 386 g/mol. The second-order valence-electron chi connectivity index (χ2n) is 7.82. The number of benzene rings is 1. The molecule has 3 heterocycles. The number of amides is 1. The van der Waals surface area contributed by atoms with E-state index in [9.17, 15) is 9.18 Å². The summed E-state index contributed by atoms with van der Waals surface area (Å²) >= 11 is 0. The zero-order valence-corrected chi connectivity index (χ0v) is 16.1. The van der Waals surface area contributed by atoms with E-state index < -0.39 is 0 Å². The van der Waals surface area contributed by atoms with Crippen LogP contribution in [0.3, 0.4) is 0 Å². The fourth-order valence-electron chi connectivity index (χ4n) is 4.18. The van der Waals surface area contributed by atoms with Crippen LogP contribution in [-0.4, -0.2) is 62.1 Å². The molecule has 4 rings (SSSR count). The second kappa shape index (κ2) is 8.77. The lowest BCUT2D eigenvalue weighted by Crippen LogP contribution is -2.33. The number of carbonyl (C=O) groups excluding carboxylic acids is 1. The molecule has 0 aliphatic carbocycles. The number of carbonyl (C=O) groups is 1. The van der Waals surface area contributed by atoms with Crippen LogP contribution in [0.1, 0.15) is 49.4 Å². The SMILES string of the molecule is O=C(Cn1nnnc1CN1CCCCCC1)N1CCC(c2ccc(F)cc2)C1. The molecule has 2 aliphatic heterocycles. The summed E-state index contributed by atoms with van der Waals surface area (Å²) in [5.41, 5.74) is 1.08. The maximum Gasteiger partial charge on any atom is 0.244 e. The zero-order chi connectivity index (χ0) is 19.3.